The molecule has 2 aliphatic rings. The Morgan fingerprint density at radius 3 is 2.47 bits per heavy atom. The number of carbonyl (C=O) groups is 1. The van der Waals surface area contributed by atoms with Crippen molar-refractivity contribution in [2.75, 3.05) is 52.9 Å². The van der Waals surface area contributed by atoms with Gasteiger partial charge < -0.3 is 25.0 Å². The minimum Gasteiger partial charge on any atom is -0.504 e. The Bertz CT molecular complexity index is 740. The predicted molar refractivity (Wildman–Crippen MR) is 118 cm³/mol. The van der Waals surface area contributed by atoms with Gasteiger partial charge in [0.25, 0.3) is 0 Å². The molecule has 1 atom stereocenters. The zero-order chi connectivity index (χ0) is 21.5. The summed E-state index contributed by atoms with van der Waals surface area (Å²) >= 11 is 0. The first-order chi connectivity index (χ1) is 14.5. The second-order valence-corrected chi connectivity index (χ2v) is 7.91. The second kappa shape index (κ2) is 10.5. The summed E-state index contributed by atoms with van der Waals surface area (Å²) in [6, 6.07) is 5.29. The first-order valence-corrected chi connectivity index (χ1v) is 11.0. The van der Waals surface area contributed by atoms with Crippen molar-refractivity contribution in [3.8, 4) is 11.5 Å². The van der Waals surface area contributed by atoms with Crippen molar-refractivity contribution in [2.24, 2.45) is 4.99 Å². The van der Waals surface area contributed by atoms with Crippen molar-refractivity contribution in [3.05, 3.63) is 23.8 Å². The summed E-state index contributed by atoms with van der Waals surface area (Å²) in [5.41, 5.74) is 0.923. The van der Waals surface area contributed by atoms with Gasteiger partial charge in [-0.05, 0) is 44.4 Å². The molecule has 2 fully saturated rings. The van der Waals surface area contributed by atoms with Crippen molar-refractivity contribution >= 4 is 11.9 Å². The fourth-order valence-corrected chi connectivity index (χ4v) is 4.10. The molecule has 1 aromatic carbocycles. The summed E-state index contributed by atoms with van der Waals surface area (Å²) in [4.78, 5) is 24.0. The number of phenolic OH excluding ortho intramolecular Hbond substituents is 1. The van der Waals surface area contributed by atoms with Crippen LogP contribution in [0.25, 0.3) is 0 Å². The lowest BCUT2D eigenvalue weighted by atomic mass is 10.2. The van der Waals surface area contributed by atoms with Crippen molar-refractivity contribution in [3.63, 3.8) is 0 Å². The van der Waals surface area contributed by atoms with E-state index in [1.54, 1.807) is 12.1 Å². The van der Waals surface area contributed by atoms with E-state index in [2.05, 4.69) is 22.0 Å². The molecule has 2 aliphatic heterocycles. The van der Waals surface area contributed by atoms with E-state index in [-0.39, 0.29) is 17.7 Å². The molecule has 2 N–H and O–H groups in total. The zero-order valence-corrected chi connectivity index (χ0v) is 18.4. The van der Waals surface area contributed by atoms with E-state index in [9.17, 15) is 9.90 Å². The SMILES string of the molecule is CCNC(=NCc1ccc(OC)c(O)c1)N1CCN(C(C)C(=O)N2CCCC2)CC1. The van der Waals surface area contributed by atoms with Crippen LogP contribution < -0.4 is 10.1 Å². The molecule has 0 aromatic heterocycles. The van der Waals surface area contributed by atoms with Gasteiger partial charge in [0.2, 0.25) is 5.91 Å². The minimum absolute atomic E-state index is 0.0629. The number of methoxy groups -OCH3 is 1. The van der Waals surface area contributed by atoms with E-state index in [1.807, 2.05) is 17.9 Å². The van der Waals surface area contributed by atoms with Crippen molar-refractivity contribution in [2.45, 2.75) is 39.3 Å². The van der Waals surface area contributed by atoms with Crippen LogP contribution in [0.1, 0.15) is 32.3 Å². The lowest BCUT2D eigenvalue weighted by Gasteiger charge is -2.39. The van der Waals surface area contributed by atoms with Gasteiger partial charge in [0.05, 0.1) is 19.7 Å². The number of guanidine groups is 1. The Labute approximate surface area is 179 Å². The average molecular weight is 418 g/mol. The minimum atomic E-state index is -0.0629. The highest BCUT2D eigenvalue weighted by molar-refractivity contribution is 5.82. The van der Waals surface area contributed by atoms with Crippen LogP contribution in [0.15, 0.2) is 23.2 Å². The Kier molecular flexibility index (Phi) is 7.79. The van der Waals surface area contributed by atoms with Crippen LogP contribution in [0.2, 0.25) is 0 Å². The number of ether oxygens (including phenoxy) is 1. The Morgan fingerprint density at radius 2 is 1.87 bits per heavy atom. The molecule has 8 nitrogen and oxygen atoms in total. The molecule has 0 radical (unpaired) electrons. The van der Waals surface area contributed by atoms with Gasteiger partial charge in [-0.25, -0.2) is 4.99 Å². The maximum absolute atomic E-state index is 12.7. The number of likely N-dealkylation sites (tertiary alicyclic amines) is 1. The predicted octanol–water partition coefficient (Wildman–Crippen LogP) is 1.49. The number of amides is 1. The lowest BCUT2D eigenvalue weighted by molar-refractivity contribution is -0.135. The topological polar surface area (TPSA) is 80.6 Å². The molecular weight excluding hydrogens is 382 g/mol. The molecule has 30 heavy (non-hydrogen) atoms. The van der Waals surface area contributed by atoms with Crippen LogP contribution in [-0.4, -0.2) is 90.6 Å². The third kappa shape index (κ3) is 5.36. The third-order valence-electron chi connectivity index (χ3n) is 5.93. The zero-order valence-electron chi connectivity index (χ0n) is 18.4. The van der Waals surface area contributed by atoms with Gasteiger partial charge in [0, 0.05) is 45.8 Å². The normalized spacial score (nSPS) is 19.1. The van der Waals surface area contributed by atoms with Gasteiger partial charge >= 0.3 is 0 Å². The third-order valence-corrected chi connectivity index (χ3v) is 5.93. The molecule has 1 amide bonds. The van der Waals surface area contributed by atoms with Gasteiger partial charge in [-0.3, -0.25) is 9.69 Å². The van der Waals surface area contributed by atoms with Gasteiger partial charge in [-0.2, -0.15) is 0 Å². The molecule has 0 bridgehead atoms. The highest BCUT2D eigenvalue weighted by atomic mass is 16.5. The van der Waals surface area contributed by atoms with Gasteiger partial charge in [0.15, 0.2) is 17.5 Å². The number of piperazine rings is 1. The molecule has 8 heteroatoms. The van der Waals surface area contributed by atoms with Crippen LogP contribution in [-0.2, 0) is 11.3 Å². The number of benzene rings is 1. The number of nitrogens with zero attached hydrogens (tertiary/aromatic N) is 4. The molecule has 1 aromatic rings. The summed E-state index contributed by atoms with van der Waals surface area (Å²) in [6.45, 7) is 10.5. The number of hydrogen-bond acceptors (Lipinski definition) is 5. The summed E-state index contributed by atoms with van der Waals surface area (Å²) in [7, 11) is 1.54. The number of nitrogens with one attached hydrogen (secondary N) is 1. The van der Waals surface area contributed by atoms with Crippen LogP contribution in [0.4, 0.5) is 0 Å². The van der Waals surface area contributed by atoms with E-state index < -0.39 is 0 Å². The van der Waals surface area contributed by atoms with Crippen molar-refractivity contribution in [1.82, 2.24) is 20.0 Å². The summed E-state index contributed by atoms with van der Waals surface area (Å²) in [5, 5.41) is 13.3. The van der Waals surface area contributed by atoms with E-state index in [0.717, 1.165) is 70.2 Å². The summed E-state index contributed by atoms with van der Waals surface area (Å²) in [6.07, 6.45) is 2.25. The number of carbonyl (C=O) groups excluding carboxylic acids is 1. The lowest BCUT2D eigenvalue weighted by Crippen LogP contribution is -2.57. The molecule has 0 spiro atoms. The first kappa shape index (κ1) is 22.2. The Morgan fingerprint density at radius 1 is 1.17 bits per heavy atom. The molecule has 166 valence electrons. The van der Waals surface area contributed by atoms with E-state index >= 15 is 0 Å². The fourth-order valence-electron chi connectivity index (χ4n) is 4.10. The van der Waals surface area contributed by atoms with E-state index in [1.165, 1.54) is 7.11 Å². The summed E-state index contributed by atoms with van der Waals surface area (Å²) < 4.78 is 5.10. The van der Waals surface area contributed by atoms with Gasteiger partial charge in [-0.1, -0.05) is 6.07 Å². The van der Waals surface area contributed by atoms with Gasteiger partial charge in [0.1, 0.15) is 0 Å². The number of rotatable bonds is 6. The molecular formula is C22H35N5O3. The molecule has 0 aliphatic carbocycles. The number of aromatic hydroxyl groups is 1. The summed E-state index contributed by atoms with van der Waals surface area (Å²) in [5.74, 6) is 1.72. The quantitative estimate of drug-likeness (QED) is 0.539. The molecule has 2 saturated heterocycles. The number of phenols is 1. The smallest absolute Gasteiger partial charge is 0.239 e. The average Bonchev–Trinajstić information content (AvgIpc) is 3.31. The fraction of sp³-hybridized carbons (Fsp3) is 0.636. The second-order valence-electron chi connectivity index (χ2n) is 7.91. The molecule has 1 unspecified atom stereocenters. The maximum atomic E-state index is 12.7. The van der Waals surface area contributed by atoms with Crippen LogP contribution in [0, 0.1) is 0 Å². The molecule has 0 saturated carbocycles. The molecule has 2 heterocycles. The number of aliphatic imine (C=N–C) groups is 1. The monoisotopic (exact) mass is 417 g/mol. The van der Waals surface area contributed by atoms with Crippen LogP contribution in [0.3, 0.4) is 0 Å². The van der Waals surface area contributed by atoms with Crippen molar-refractivity contribution < 1.29 is 14.6 Å². The largest absolute Gasteiger partial charge is 0.504 e. The van der Waals surface area contributed by atoms with E-state index in [4.69, 9.17) is 9.73 Å². The Hall–Kier alpha value is -2.48. The highest BCUT2D eigenvalue weighted by Crippen LogP contribution is 2.26. The van der Waals surface area contributed by atoms with Crippen LogP contribution in [0.5, 0.6) is 11.5 Å². The molecule has 3 rings (SSSR count). The first-order valence-electron chi connectivity index (χ1n) is 11.0. The van der Waals surface area contributed by atoms with E-state index in [0.29, 0.717) is 12.3 Å². The van der Waals surface area contributed by atoms with Gasteiger partial charge in [-0.15, -0.1) is 0 Å². The highest BCUT2D eigenvalue weighted by Gasteiger charge is 2.30. The maximum Gasteiger partial charge on any atom is 0.239 e. The van der Waals surface area contributed by atoms with Crippen LogP contribution >= 0.6 is 0 Å². The number of hydrogen-bond donors (Lipinski definition) is 2. The van der Waals surface area contributed by atoms with Crippen molar-refractivity contribution in [1.29, 1.82) is 0 Å². The Balaban J connectivity index is 1.57. The standard InChI is InChI=1S/C22H35N5O3/c1-4-23-22(24-16-18-7-8-20(30-3)19(28)15-18)27-13-11-25(12-14-27)17(2)21(29)26-9-5-6-10-26/h7-8,15,17,28H,4-6,9-14,16H2,1-3H3,(H,23,24).